The number of aromatic nitrogens is 5. The molecule has 2 aromatic carbocycles. The Labute approximate surface area is 620 Å². The number of nitrogens with one attached hydrogen (secondary N) is 6. The van der Waals surface area contributed by atoms with Gasteiger partial charge in [0.25, 0.3) is 0 Å². The van der Waals surface area contributed by atoms with Crippen LogP contribution in [0.25, 0.3) is 17.2 Å². The van der Waals surface area contributed by atoms with Gasteiger partial charge in [-0.1, -0.05) is 91.0 Å². The molecule has 0 atom stereocenters. The van der Waals surface area contributed by atoms with Crippen LogP contribution in [0.5, 0.6) is 0 Å². The molecule has 0 bridgehead atoms. The first-order chi connectivity index (χ1) is 49.9. The number of carbonyl (C=O) groups is 9. The summed E-state index contributed by atoms with van der Waals surface area (Å²) < 4.78 is 10.6. The number of pyridine rings is 5. The van der Waals surface area contributed by atoms with Gasteiger partial charge in [-0.15, -0.1) is 12.4 Å². The number of hydrogen-bond donors (Lipinski definition) is 7. The minimum atomic E-state index is -0.814. The van der Waals surface area contributed by atoms with E-state index in [2.05, 4.69) is 133 Å². The zero-order valence-corrected chi connectivity index (χ0v) is 60.6. The number of nitrogens with zero attached hydrogens (tertiary/aromatic N) is 6. The van der Waals surface area contributed by atoms with Gasteiger partial charge < -0.3 is 51.4 Å². The van der Waals surface area contributed by atoms with Gasteiger partial charge in [-0.3, -0.25) is 38.4 Å². The van der Waals surface area contributed by atoms with Crippen molar-refractivity contribution < 1.29 is 59.2 Å². The molecule has 0 saturated heterocycles. The van der Waals surface area contributed by atoms with E-state index in [0.29, 0.717) is 132 Å². The van der Waals surface area contributed by atoms with Gasteiger partial charge in [-0.2, -0.15) is 0 Å². The lowest BCUT2D eigenvalue weighted by atomic mass is 9.99. The molecule has 0 radical (unpaired) electrons. The third-order valence-electron chi connectivity index (χ3n) is 17.2. The second kappa shape index (κ2) is 40.9. The van der Waals surface area contributed by atoms with E-state index in [-0.39, 0.29) is 67.6 Å². The number of ether oxygens (including phenoxy) is 2. The fourth-order valence-electron chi connectivity index (χ4n) is 11.8. The SMILES string of the molecule is C1=C(c2ccccc2)CCNC1.CCOC(=O)/C=C/c1cnc2c(c1)CCC(=O)N2.CCOC(=O)CCc1cnc2c(c1)CCC(=O)N2.Cl.O=C(O)CCc1cnc2c(c1)CCC(=O)N2.O=C1CCc2cc(Br)cnc2N1.O=C1CCc2cc(CCC(=O)N3CC=C(c4ccccc4)CC3)cnc2N1.[HH]. The molecular formula is C78H88BrClN12O12. The fraction of sp³-hybridized carbons (Fsp3) is 0.333. The number of amides is 6. The van der Waals surface area contributed by atoms with E-state index >= 15 is 0 Å². The number of halogens is 2. The van der Waals surface area contributed by atoms with E-state index in [1.807, 2.05) is 47.4 Å². The molecule has 7 aliphatic rings. The van der Waals surface area contributed by atoms with Gasteiger partial charge in [-0.05, 0) is 191 Å². The Balaban J connectivity index is 0.000000179. The van der Waals surface area contributed by atoms with E-state index < -0.39 is 5.97 Å². The molecule has 0 saturated carbocycles. The summed E-state index contributed by atoms with van der Waals surface area (Å²) in [6.07, 6.45) is 26.7. The fourth-order valence-corrected chi connectivity index (χ4v) is 12.1. The normalized spacial score (nSPS) is 15.0. The van der Waals surface area contributed by atoms with Crippen LogP contribution in [-0.2, 0) is 104 Å². The van der Waals surface area contributed by atoms with E-state index in [1.165, 1.54) is 28.3 Å². The Hall–Kier alpha value is -10.6. The van der Waals surface area contributed by atoms with Crippen molar-refractivity contribution in [2.75, 3.05) is 66.0 Å². The molecule has 7 aromatic rings. The van der Waals surface area contributed by atoms with Crippen molar-refractivity contribution in [2.24, 2.45) is 0 Å². The van der Waals surface area contributed by atoms with Crippen molar-refractivity contribution in [3.63, 3.8) is 0 Å². The van der Waals surface area contributed by atoms with Crippen LogP contribution < -0.4 is 31.9 Å². The Morgan fingerprint density at radius 1 is 0.510 bits per heavy atom. The maximum atomic E-state index is 12.6. The first-order valence-electron chi connectivity index (χ1n) is 34.7. The molecule has 546 valence electrons. The number of esters is 2. The van der Waals surface area contributed by atoms with E-state index in [9.17, 15) is 43.2 Å². The minimum absolute atomic E-state index is 0. The van der Waals surface area contributed by atoms with Crippen LogP contribution in [-0.4, -0.2) is 128 Å². The third-order valence-corrected chi connectivity index (χ3v) is 17.6. The highest BCUT2D eigenvalue weighted by Crippen LogP contribution is 2.28. The van der Waals surface area contributed by atoms with Crippen LogP contribution in [0.1, 0.15) is 141 Å². The first kappa shape index (κ1) is 79.1. The van der Waals surface area contributed by atoms with Crippen LogP contribution in [0, 0.1) is 0 Å². The standard InChI is InChI=1S/C22H23N3O2.C13H16N2O3.C13H14N2O3.C11H12N2O3.C11H13N.C8H7BrN2O.ClH.H2/c26-20-8-7-19-14-16(15-23-22(19)24-20)6-9-21(27)25-12-10-18(11-13-25)17-4-2-1-3-5-17;2*1-2-18-12(17)6-3-9-7-10-4-5-11(16)15-13(10)14-8-9;14-9-3-2-8-5-7(1-4-10(15)16)6-12-11(8)13-9;1-2-4-10(5-3-1)11-6-8-12-9-7-11;9-6-3-5-1-2-7(12)11-8(5)10-4-6;;/h1-5,10,14-15H,6-9,11-13H2,(H,23,24,26);7-8H,2-6H2,1H3,(H,14,15,16);3,6-8H,2,4-5H2,1H3,(H,14,15,16);5-6H,1-4H2,(H,15,16)(H,12,13,14);1-6,12H,7-9H2;3-4H,1-2H2,(H,10,11,12);2*1H/b;;6-3+;;;;;. The average molecular weight is 1500 g/mol. The molecule has 6 amide bonds. The highest BCUT2D eigenvalue weighted by molar-refractivity contribution is 9.10. The summed E-state index contributed by atoms with van der Waals surface area (Å²) in [7, 11) is 0. The van der Waals surface area contributed by atoms with Crippen LogP contribution in [0.3, 0.4) is 0 Å². The predicted octanol–water partition coefficient (Wildman–Crippen LogP) is 11.7. The van der Waals surface area contributed by atoms with Crippen molar-refractivity contribution in [3.05, 3.63) is 206 Å². The predicted molar refractivity (Wildman–Crippen MR) is 405 cm³/mol. The lowest BCUT2D eigenvalue weighted by molar-refractivity contribution is -0.143. The molecule has 7 aliphatic heterocycles. The maximum Gasteiger partial charge on any atom is 0.330 e. The lowest BCUT2D eigenvalue weighted by Gasteiger charge is -2.27. The Bertz CT molecular complexity index is 4320. The number of hydrogen-bond acceptors (Lipinski definition) is 17. The van der Waals surface area contributed by atoms with Gasteiger partial charge in [0.05, 0.1) is 13.2 Å². The Morgan fingerprint density at radius 2 is 0.933 bits per heavy atom. The zero-order chi connectivity index (χ0) is 72.9. The minimum Gasteiger partial charge on any atom is -0.481 e. The number of aliphatic carboxylic acids is 1. The van der Waals surface area contributed by atoms with Crippen LogP contribution in [0.15, 0.2) is 145 Å². The van der Waals surface area contributed by atoms with Crippen LogP contribution in [0.2, 0.25) is 0 Å². The van der Waals surface area contributed by atoms with Gasteiger partial charge in [0.2, 0.25) is 35.4 Å². The van der Waals surface area contributed by atoms with Gasteiger partial charge in [-0.25, -0.2) is 29.7 Å². The van der Waals surface area contributed by atoms with Crippen molar-refractivity contribution >= 4 is 128 Å². The van der Waals surface area contributed by atoms with Crippen molar-refractivity contribution in [1.29, 1.82) is 0 Å². The summed E-state index contributed by atoms with van der Waals surface area (Å²) in [6.45, 7) is 7.90. The van der Waals surface area contributed by atoms with Gasteiger partial charge in [0.15, 0.2) is 0 Å². The van der Waals surface area contributed by atoms with Crippen molar-refractivity contribution in [2.45, 2.75) is 129 Å². The number of fused-ring (bicyclic) bond motifs is 5. The molecule has 0 unspecified atom stereocenters. The number of carboxylic acids is 1. The van der Waals surface area contributed by atoms with E-state index in [4.69, 9.17) is 14.6 Å². The highest BCUT2D eigenvalue weighted by Gasteiger charge is 2.23. The smallest absolute Gasteiger partial charge is 0.330 e. The maximum absolute atomic E-state index is 12.6. The molecule has 12 heterocycles. The number of aryl methyl sites for hydroxylation is 8. The summed E-state index contributed by atoms with van der Waals surface area (Å²) in [6, 6.07) is 30.9. The van der Waals surface area contributed by atoms with E-state index in [1.54, 1.807) is 50.9 Å². The molecule has 0 aliphatic carbocycles. The van der Waals surface area contributed by atoms with E-state index in [0.717, 1.165) is 99.9 Å². The molecule has 5 aromatic heterocycles. The largest absolute Gasteiger partial charge is 0.481 e. The van der Waals surface area contributed by atoms with Gasteiger partial charge >= 0.3 is 17.9 Å². The average Bonchev–Trinajstić information content (AvgIpc) is 0.855. The molecular weight excluding hydrogens is 1410 g/mol. The number of benzene rings is 2. The first-order valence-corrected chi connectivity index (χ1v) is 35.5. The van der Waals surface area contributed by atoms with Crippen LogP contribution in [0.4, 0.5) is 29.1 Å². The summed E-state index contributed by atoms with van der Waals surface area (Å²) in [5.74, 6) is 2.09. The lowest BCUT2D eigenvalue weighted by Crippen LogP contribution is -2.34. The molecule has 104 heavy (non-hydrogen) atoms. The van der Waals surface area contributed by atoms with Gasteiger partial charge in [0, 0.05) is 114 Å². The third kappa shape index (κ3) is 25.4. The molecule has 0 fully saturated rings. The van der Waals surface area contributed by atoms with Crippen molar-refractivity contribution in [3.8, 4) is 0 Å². The monoisotopic (exact) mass is 1500 g/mol. The number of carbonyl (C=O) groups excluding carboxylic acids is 8. The quantitative estimate of drug-likeness (QED) is 0.0370. The molecule has 26 heteroatoms. The topological polar surface area (TPSA) is 332 Å². The number of rotatable bonds is 15. The summed E-state index contributed by atoms with van der Waals surface area (Å²) >= 11 is 3.33. The second-order valence-corrected chi connectivity index (χ2v) is 25.7. The summed E-state index contributed by atoms with van der Waals surface area (Å²) in [4.78, 5) is 124. The Morgan fingerprint density at radius 3 is 1.37 bits per heavy atom. The highest BCUT2D eigenvalue weighted by atomic mass is 79.9. The molecule has 0 spiro atoms. The van der Waals surface area contributed by atoms with Crippen molar-refractivity contribution in [1.82, 2.24) is 35.1 Å². The summed E-state index contributed by atoms with van der Waals surface area (Å²) in [5.41, 5.74) is 14.4. The second-order valence-electron chi connectivity index (χ2n) is 24.8. The van der Waals surface area contributed by atoms with Gasteiger partial charge in [0.1, 0.15) is 29.1 Å². The molecule has 14 rings (SSSR count). The molecule has 24 nitrogen and oxygen atoms in total. The Kier molecular flexibility index (Phi) is 31.1. The number of carboxylic acid groups (broad SMARTS) is 1. The zero-order valence-electron chi connectivity index (χ0n) is 58.2. The summed E-state index contributed by atoms with van der Waals surface area (Å²) in [5, 5.41) is 25.5. The van der Waals surface area contributed by atoms with Crippen LogP contribution >= 0.6 is 28.3 Å². The number of anilines is 5. The molecule has 7 N–H and O–H groups in total.